The zero-order chi connectivity index (χ0) is 20.8. The van der Waals surface area contributed by atoms with Crippen LogP contribution in [-0.4, -0.2) is 71.1 Å². The van der Waals surface area contributed by atoms with Gasteiger partial charge in [-0.05, 0) is 36.6 Å². The lowest BCUT2D eigenvalue weighted by Gasteiger charge is -2.37. The van der Waals surface area contributed by atoms with E-state index in [0.717, 1.165) is 64.6 Å². The Balaban J connectivity index is 1.19. The van der Waals surface area contributed by atoms with Crippen LogP contribution in [0.25, 0.3) is 0 Å². The number of amides is 2. The number of anilines is 1. The van der Waals surface area contributed by atoms with Gasteiger partial charge in [0, 0.05) is 64.2 Å². The summed E-state index contributed by atoms with van der Waals surface area (Å²) in [5, 5.41) is 12.1. The number of nitrogens with zero attached hydrogens (tertiary/aromatic N) is 6. The molecule has 8 nitrogen and oxygen atoms in total. The van der Waals surface area contributed by atoms with E-state index in [0.29, 0.717) is 5.56 Å². The zero-order valence-electron chi connectivity index (χ0n) is 17.1. The van der Waals surface area contributed by atoms with Gasteiger partial charge in [-0.2, -0.15) is 5.26 Å². The maximum Gasteiger partial charge on any atom is 0.317 e. The van der Waals surface area contributed by atoms with Crippen molar-refractivity contribution in [2.45, 2.75) is 25.4 Å². The summed E-state index contributed by atoms with van der Waals surface area (Å²) in [4.78, 5) is 27.7. The van der Waals surface area contributed by atoms with Gasteiger partial charge in [-0.1, -0.05) is 12.1 Å². The minimum atomic E-state index is 0.0439. The number of carbonyl (C=O) groups is 1. The molecule has 1 aromatic carbocycles. The molecule has 0 saturated carbocycles. The topological polar surface area (TPSA) is 88.4 Å². The summed E-state index contributed by atoms with van der Waals surface area (Å²) in [6.07, 6.45) is 5.33. The highest BCUT2D eigenvalue weighted by atomic mass is 16.2. The number of piperazine rings is 1. The lowest BCUT2D eigenvalue weighted by molar-refractivity contribution is 0.132. The minimum Gasteiger partial charge on any atom is -0.341 e. The summed E-state index contributed by atoms with van der Waals surface area (Å²) in [6, 6.07) is 11.9. The van der Waals surface area contributed by atoms with Crippen molar-refractivity contribution >= 4 is 12.0 Å². The number of aromatic nitrogens is 2. The average molecular weight is 406 g/mol. The van der Waals surface area contributed by atoms with E-state index in [1.54, 1.807) is 12.4 Å². The Morgan fingerprint density at radius 3 is 2.33 bits per heavy atom. The monoisotopic (exact) mass is 405 g/mol. The molecule has 0 bridgehead atoms. The highest BCUT2D eigenvalue weighted by Crippen LogP contribution is 2.16. The van der Waals surface area contributed by atoms with Gasteiger partial charge in [0.25, 0.3) is 0 Å². The molecule has 0 spiro atoms. The molecular weight excluding hydrogens is 378 g/mol. The fraction of sp³-hybridized carbons (Fsp3) is 0.455. The molecule has 8 heteroatoms. The smallest absolute Gasteiger partial charge is 0.317 e. The first-order valence-electron chi connectivity index (χ1n) is 10.5. The number of piperidine rings is 1. The van der Waals surface area contributed by atoms with Crippen LogP contribution >= 0.6 is 0 Å². The van der Waals surface area contributed by atoms with Crippen molar-refractivity contribution in [1.29, 1.82) is 5.26 Å². The van der Waals surface area contributed by atoms with Crippen LogP contribution < -0.4 is 10.2 Å². The quantitative estimate of drug-likeness (QED) is 0.835. The molecule has 1 aromatic heterocycles. The second kappa shape index (κ2) is 9.55. The molecule has 2 amide bonds. The van der Waals surface area contributed by atoms with Gasteiger partial charge in [0.15, 0.2) is 0 Å². The summed E-state index contributed by atoms with van der Waals surface area (Å²) >= 11 is 0. The molecule has 30 heavy (non-hydrogen) atoms. The number of hydrogen-bond acceptors (Lipinski definition) is 6. The molecule has 2 fully saturated rings. The van der Waals surface area contributed by atoms with Crippen molar-refractivity contribution < 1.29 is 4.79 Å². The second-order valence-electron chi connectivity index (χ2n) is 7.83. The van der Waals surface area contributed by atoms with Crippen LogP contribution in [0.4, 0.5) is 10.7 Å². The third kappa shape index (κ3) is 5.05. The average Bonchev–Trinajstić information content (AvgIpc) is 2.81. The van der Waals surface area contributed by atoms with E-state index >= 15 is 0 Å². The molecule has 0 aliphatic carbocycles. The van der Waals surface area contributed by atoms with Crippen molar-refractivity contribution in [2.24, 2.45) is 0 Å². The van der Waals surface area contributed by atoms with Gasteiger partial charge >= 0.3 is 6.03 Å². The fourth-order valence-electron chi connectivity index (χ4n) is 4.00. The molecule has 2 aliphatic heterocycles. The molecule has 156 valence electrons. The fourth-order valence-corrected chi connectivity index (χ4v) is 4.00. The van der Waals surface area contributed by atoms with E-state index in [1.165, 1.54) is 5.56 Å². The number of carbonyl (C=O) groups excluding carboxylic acids is 1. The van der Waals surface area contributed by atoms with Crippen LogP contribution in [0.1, 0.15) is 24.0 Å². The Kier molecular flexibility index (Phi) is 6.40. The van der Waals surface area contributed by atoms with Crippen molar-refractivity contribution in [3.8, 4) is 6.07 Å². The first-order valence-corrected chi connectivity index (χ1v) is 10.5. The van der Waals surface area contributed by atoms with Gasteiger partial charge in [-0.25, -0.2) is 14.8 Å². The molecular formula is C22H27N7O. The van der Waals surface area contributed by atoms with E-state index in [4.69, 9.17) is 5.26 Å². The SMILES string of the molecule is N#Cc1ccc(CN2CCN(C(=O)NC3CCN(c4ncccn4)CC3)CC2)cc1. The third-order valence-electron chi connectivity index (χ3n) is 5.81. The van der Waals surface area contributed by atoms with Crippen molar-refractivity contribution in [1.82, 2.24) is 25.1 Å². The highest BCUT2D eigenvalue weighted by Gasteiger charge is 2.26. The summed E-state index contributed by atoms with van der Waals surface area (Å²) in [7, 11) is 0. The minimum absolute atomic E-state index is 0.0439. The maximum atomic E-state index is 12.7. The molecule has 0 radical (unpaired) electrons. The molecule has 0 atom stereocenters. The lowest BCUT2D eigenvalue weighted by atomic mass is 10.1. The Morgan fingerprint density at radius 1 is 1.03 bits per heavy atom. The Hall–Kier alpha value is -3.18. The number of hydrogen-bond donors (Lipinski definition) is 1. The van der Waals surface area contributed by atoms with Gasteiger partial charge in [-0.15, -0.1) is 0 Å². The van der Waals surface area contributed by atoms with E-state index < -0.39 is 0 Å². The van der Waals surface area contributed by atoms with Gasteiger partial charge < -0.3 is 15.1 Å². The van der Waals surface area contributed by atoms with Crippen LogP contribution in [0.3, 0.4) is 0 Å². The summed E-state index contributed by atoms with van der Waals surface area (Å²) in [6.45, 7) is 5.74. The lowest BCUT2D eigenvalue weighted by Crippen LogP contribution is -2.54. The van der Waals surface area contributed by atoms with Crippen LogP contribution in [0.5, 0.6) is 0 Å². The van der Waals surface area contributed by atoms with E-state index in [9.17, 15) is 4.79 Å². The Labute approximate surface area is 177 Å². The molecule has 4 rings (SSSR count). The van der Waals surface area contributed by atoms with Crippen LogP contribution in [0.2, 0.25) is 0 Å². The van der Waals surface area contributed by atoms with E-state index in [1.807, 2.05) is 35.2 Å². The first kappa shape index (κ1) is 20.1. The molecule has 0 unspecified atom stereocenters. The normalized spacial score (nSPS) is 18.1. The number of benzene rings is 1. The highest BCUT2D eigenvalue weighted by molar-refractivity contribution is 5.74. The molecule has 3 heterocycles. The Bertz CT molecular complexity index is 865. The number of rotatable bonds is 4. The largest absolute Gasteiger partial charge is 0.341 e. The molecule has 1 N–H and O–H groups in total. The van der Waals surface area contributed by atoms with Crippen molar-refractivity contribution in [3.63, 3.8) is 0 Å². The van der Waals surface area contributed by atoms with Crippen LogP contribution in [-0.2, 0) is 6.54 Å². The van der Waals surface area contributed by atoms with E-state index in [2.05, 4.69) is 31.2 Å². The zero-order valence-corrected chi connectivity index (χ0v) is 17.1. The molecule has 2 aromatic rings. The predicted molar refractivity (Wildman–Crippen MR) is 114 cm³/mol. The molecule has 2 aliphatic rings. The van der Waals surface area contributed by atoms with E-state index in [-0.39, 0.29) is 12.1 Å². The van der Waals surface area contributed by atoms with Crippen LogP contribution in [0.15, 0.2) is 42.7 Å². The summed E-state index contributed by atoms with van der Waals surface area (Å²) < 4.78 is 0. The van der Waals surface area contributed by atoms with Gasteiger partial charge in [0.05, 0.1) is 11.6 Å². The van der Waals surface area contributed by atoms with Gasteiger partial charge in [0.2, 0.25) is 5.95 Å². The third-order valence-corrected chi connectivity index (χ3v) is 5.81. The Morgan fingerprint density at radius 2 is 1.70 bits per heavy atom. The van der Waals surface area contributed by atoms with Gasteiger partial charge in [-0.3, -0.25) is 4.90 Å². The van der Waals surface area contributed by atoms with Crippen LogP contribution in [0, 0.1) is 11.3 Å². The standard InChI is InChI=1S/C22H27N7O/c23-16-18-2-4-19(5-3-18)17-27-12-14-29(15-13-27)22(30)26-20-6-10-28(11-7-20)21-24-8-1-9-25-21/h1-5,8-9,20H,6-7,10-15,17H2,(H,26,30). The summed E-state index contributed by atoms with van der Waals surface area (Å²) in [5.74, 6) is 0.765. The maximum absolute atomic E-state index is 12.7. The van der Waals surface area contributed by atoms with Crippen molar-refractivity contribution in [3.05, 3.63) is 53.9 Å². The van der Waals surface area contributed by atoms with Crippen molar-refractivity contribution in [2.75, 3.05) is 44.2 Å². The number of nitrogens with one attached hydrogen (secondary N) is 1. The van der Waals surface area contributed by atoms with Gasteiger partial charge in [0.1, 0.15) is 0 Å². The summed E-state index contributed by atoms with van der Waals surface area (Å²) in [5.41, 5.74) is 1.88. The molecule has 2 saturated heterocycles. The number of nitriles is 1. The number of urea groups is 1. The predicted octanol–water partition coefficient (Wildman–Crippen LogP) is 1.84. The second-order valence-corrected chi connectivity index (χ2v) is 7.83. The first-order chi connectivity index (χ1) is 14.7.